The lowest BCUT2D eigenvalue weighted by atomic mass is 10.3. The van der Waals surface area contributed by atoms with Crippen molar-refractivity contribution in [1.29, 1.82) is 0 Å². The summed E-state index contributed by atoms with van der Waals surface area (Å²) >= 11 is 0. The molecule has 2 rings (SSSR count). The van der Waals surface area contributed by atoms with Gasteiger partial charge in [-0.3, -0.25) is 4.21 Å². The van der Waals surface area contributed by atoms with Gasteiger partial charge in [0.25, 0.3) is 0 Å². The first-order chi connectivity index (χ1) is 9.32. The van der Waals surface area contributed by atoms with Gasteiger partial charge in [0, 0.05) is 34.5 Å². The van der Waals surface area contributed by atoms with Crippen LogP contribution in [-0.4, -0.2) is 25.3 Å². The summed E-state index contributed by atoms with van der Waals surface area (Å²) in [6.07, 6.45) is -4.55. The van der Waals surface area contributed by atoms with Crippen molar-refractivity contribution in [3.05, 3.63) is 24.0 Å². The van der Waals surface area contributed by atoms with Crippen LogP contribution in [0.15, 0.2) is 18.2 Å². The Kier molecular flexibility index (Phi) is 4.03. The third-order valence-corrected chi connectivity index (χ3v) is 4.17. The Morgan fingerprint density at radius 1 is 1.40 bits per heavy atom. The van der Waals surface area contributed by atoms with Crippen LogP contribution >= 0.6 is 0 Å². The fourth-order valence-electron chi connectivity index (χ4n) is 1.93. The fraction of sp³-hybridized carbons (Fsp3) is 0.417. The van der Waals surface area contributed by atoms with Crippen LogP contribution in [0.4, 0.5) is 18.9 Å². The minimum Gasteiger partial charge on any atom is -0.399 e. The standard InChI is InChI=1S/C12H14F3N3OS/c1-2-20(19)6-5-18-10-4-3-8(16)7-9(10)17-11(18)12(13,14)15/h3-4,7H,2,5-6,16H2,1H3. The first-order valence-electron chi connectivity index (χ1n) is 6.01. The monoisotopic (exact) mass is 305 g/mol. The summed E-state index contributed by atoms with van der Waals surface area (Å²) in [4.78, 5) is 3.61. The van der Waals surface area contributed by atoms with Crippen LogP contribution in [0.2, 0.25) is 0 Å². The highest BCUT2D eigenvalue weighted by Crippen LogP contribution is 2.32. The van der Waals surface area contributed by atoms with Gasteiger partial charge in [0.05, 0.1) is 11.0 Å². The lowest BCUT2D eigenvalue weighted by Gasteiger charge is -2.10. The number of hydrogen-bond donors (Lipinski definition) is 1. The fourth-order valence-corrected chi connectivity index (χ4v) is 2.60. The third kappa shape index (κ3) is 2.95. The molecule has 0 aliphatic carbocycles. The Morgan fingerprint density at radius 2 is 2.10 bits per heavy atom. The van der Waals surface area contributed by atoms with E-state index in [0.717, 1.165) is 4.57 Å². The van der Waals surface area contributed by atoms with Gasteiger partial charge in [-0.1, -0.05) is 6.92 Å². The van der Waals surface area contributed by atoms with Gasteiger partial charge in [-0.25, -0.2) is 4.98 Å². The van der Waals surface area contributed by atoms with E-state index in [0.29, 0.717) is 17.0 Å². The van der Waals surface area contributed by atoms with Gasteiger partial charge in [0.1, 0.15) is 0 Å². The van der Waals surface area contributed by atoms with E-state index in [4.69, 9.17) is 5.73 Å². The second-order valence-corrected chi connectivity index (χ2v) is 6.13. The number of fused-ring (bicyclic) bond motifs is 1. The Balaban J connectivity index is 2.50. The second-order valence-electron chi connectivity index (χ2n) is 4.27. The molecule has 1 heterocycles. The summed E-state index contributed by atoms with van der Waals surface area (Å²) in [5, 5.41) is 0. The predicted octanol–water partition coefficient (Wildman–Crippen LogP) is 2.41. The molecule has 1 aromatic heterocycles. The predicted molar refractivity (Wildman–Crippen MR) is 72.7 cm³/mol. The number of nitrogens with zero attached hydrogens (tertiary/aromatic N) is 2. The Bertz CT molecular complexity index is 651. The molecule has 0 bridgehead atoms. The zero-order chi connectivity index (χ0) is 14.9. The van der Waals surface area contributed by atoms with E-state index in [2.05, 4.69) is 4.98 Å². The summed E-state index contributed by atoms with van der Waals surface area (Å²) in [5.74, 6) is -0.401. The minimum absolute atomic E-state index is 0.00964. The maximum absolute atomic E-state index is 13.0. The summed E-state index contributed by atoms with van der Waals surface area (Å²) in [5.41, 5.74) is 6.45. The number of aromatic nitrogens is 2. The molecular weight excluding hydrogens is 291 g/mol. The summed E-state index contributed by atoms with van der Waals surface area (Å²) in [6.45, 7) is 1.74. The SMILES string of the molecule is CCS(=O)CCn1c(C(F)(F)F)nc2cc(N)ccc21. The van der Waals surface area contributed by atoms with Crippen LogP contribution in [0, 0.1) is 0 Å². The van der Waals surface area contributed by atoms with E-state index in [1.54, 1.807) is 6.92 Å². The van der Waals surface area contributed by atoms with Gasteiger partial charge in [0.15, 0.2) is 0 Å². The zero-order valence-corrected chi connectivity index (χ0v) is 11.6. The summed E-state index contributed by atoms with van der Waals surface area (Å²) in [7, 11) is -1.13. The summed E-state index contributed by atoms with van der Waals surface area (Å²) in [6, 6.07) is 4.43. The number of rotatable bonds is 4. The van der Waals surface area contributed by atoms with Gasteiger partial charge in [-0.2, -0.15) is 13.2 Å². The topological polar surface area (TPSA) is 60.9 Å². The van der Waals surface area contributed by atoms with Crippen molar-refractivity contribution in [1.82, 2.24) is 9.55 Å². The van der Waals surface area contributed by atoms with Crippen LogP contribution in [0.5, 0.6) is 0 Å². The van der Waals surface area contributed by atoms with Crippen molar-refractivity contribution < 1.29 is 17.4 Å². The number of imidazole rings is 1. The molecule has 2 N–H and O–H groups in total. The number of benzene rings is 1. The van der Waals surface area contributed by atoms with Gasteiger partial charge in [-0.15, -0.1) is 0 Å². The van der Waals surface area contributed by atoms with Crippen molar-refractivity contribution in [3.8, 4) is 0 Å². The molecule has 8 heteroatoms. The highest BCUT2D eigenvalue weighted by molar-refractivity contribution is 7.84. The second kappa shape index (κ2) is 5.43. The van der Waals surface area contributed by atoms with E-state index in [1.807, 2.05) is 0 Å². The first-order valence-corrected chi connectivity index (χ1v) is 7.49. The molecule has 0 aliphatic rings. The highest BCUT2D eigenvalue weighted by atomic mass is 32.2. The quantitative estimate of drug-likeness (QED) is 0.882. The largest absolute Gasteiger partial charge is 0.449 e. The molecule has 110 valence electrons. The van der Waals surface area contributed by atoms with Crippen LogP contribution in [0.25, 0.3) is 11.0 Å². The molecule has 4 nitrogen and oxygen atoms in total. The minimum atomic E-state index is -4.55. The maximum atomic E-state index is 13.0. The Labute approximate surface area is 116 Å². The molecule has 0 aliphatic heterocycles. The lowest BCUT2D eigenvalue weighted by molar-refractivity contribution is -0.146. The lowest BCUT2D eigenvalue weighted by Crippen LogP contribution is -2.18. The molecule has 0 saturated carbocycles. The number of nitrogens with two attached hydrogens (primary N) is 1. The van der Waals surface area contributed by atoms with Crippen molar-refractivity contribution in [2.45, 2.75) is 19.6 Å². The maximum Gasteiger partial charge on any atom is 0.449 e. The number of halogens is 3. The zero-order valence-electron chi connectivity index (χ0n) is 10.8. The van der Waals surface area contributed by atoms with Gasteiger partial charge >= 0.3 is 6.18 Å². The highest BCUT2D eigenvalue weighted by Gasteiger charge is 2.37. The number of hydrogen-bond acceptors (Lipinski definition) is 3. The normalized spacial score (nSPS) is 13.8. The number of alkyl halides is 3. The van der Waals surface area contributed by atoms with Crippen molar-refractivity contribution in [3.63, 3.8) is 0 Å². The molecule has 0 spiro atoms. The number of aryl methyl sites for hydroxylation is 1. The van der Waals surface area contributed by atoms with Crippen LogP contribution in [0.3, 0.4) is 0 Å². The van der Waals surface area contributed by atoms with Crippen LogP contribution in [0.1, 0.15) is 12.7 Å². The van der Waals surface area contributed by atoms with Crippen LogP contribution in [-0.2, 0) is 23.5 Å². The number of nitrogen functional groups attached to an aromatic ring is 1. The van der Waals surface area contributed by atoms with Crippen molar-refractivity contribution in [2.24, 2.45) is 0 Å². The average molecular weight is 305 g/mol. The molecule has 2 aromatic rings. The molecule has 1 aromatic carbocycles. The van der Waals surface area contributed by atoms with Crippen molar-refractivity contribution >= 4 is 27.5 Å². The molecule has 1 atom stereocenters. The third-order valence-electron chi connectivity index (χ3n) is 2.89. The van der Waals surface area contributed by atoms with E-state index >= 15 is 0 Å². The van der Waals surface area contributed by atoms with Gasteiger partial charge < -0.3 is 10.3 Å². The van der Waals surface area contributed by atoms with E-state index < -0.39 is 22.8 Å². The van der Waals surface area contributed by atoms with E-state index in [-0.39, 0.29) is 17.8 Å². The van der Waals surface area contributed by atoms with Gasteiger partial charge in [-0.05, 0) is 18.2 Å². The molecular formula is C12H14F3N3OS. The Hall–Kier alpha value is -1.57. The van der Waals surface area contributed by atoms with Crippen molar-refractivity contribution in [2.75, 3.05) is 17.2 Å². The first kappa shape index (κ1) is 14.8. The molecule has 20 heavy (non-hydrogen) atoms. The molecule has 1 unspecified atom stereocenters. The number of anilines is 1. The molecule has 0 amide bonds. The van der Waals surface area contributed by atoms with Crippen LogP contribution < -0.4 is 5.73 Å². The molecule has 0 fully saturated rings. The van der Waals surface area contributed by atoms with Gasteiger partial charge in [0.2, 0.25) is 5.82 Å². The van der Waals surface area contributed by atoms with E-state index in [1.165, 1.54) is 18.2 Å². The summed E-state index contributed by atoms with van der Waals surface area (Å²) < 4.78 is 51.5. The average Bonchev–Trinajstić information content (AvgIpc) is 2.73. The Morgan fingerprint density at radius 3 is 2.70 bits per heavy atom. The van der Waals surface area contributed by atoms with E-state index in [9.17, 15) is 17.4 Å². The smallest absolute Gasteiger partial charge is 0.399 e. The molecule has 0 saturated heterocycles. The molecule has 0 radical (unpaired) electrons.